The van der Waals surface area contributed by atoms with Crippen LogP contribution in [0.1, 0.15) is 40.9 Å². The second kappa shape index (κ2) is 11.4. The van der Waals surface area contributed by atoms with E-state index in [9.17, 15) is 4.79 Å². The lowest BCUT2D eigenvalue weighted by atomic mass is 9.68. The molecule has 0 aliphatic heterocycles. The number of hydrogen-bond acceptors (Lipinski definition) is 4. The first-order chi connectivity index (χ1) is 23.0. The molecule has 4 heteroatoms. The second-order valence-electron chi connectivity index (χ2n) is 12.4. The summed E-state index contributed by atoms with van der Waals surface area (Å²) < 4.78 is 0. The minimum Gasteiger partial charge on any atom is -0.289 e. The minimum atomic E-state index is -0.297. The molecule has 1 heterocycles. The van der Waals surface area contributed by atoms with Crippen molar-refractivity contribution < 1.29 is 4.79 Å². The normalized spacial score (nSPS) is 13.1. The van der Waals surface area contributed by atoms with Crippen LogP contribution in [0.3, 0.4) is 0 Å². The average molecular weight is 606 g/mol. The molecule has 1 aliphatic carbocycles. The highest BCUT2D eigenvalue weighted by Gasteiger charge is 2.36. The topological polar surface area (TPSA) is 55.7 Å². The van der Waals surface area contributed by atoms with E-state index in [-0.39, 0.29) is 11.2 Å². The number of ketones is 1. The number of fused-ring (bicyclic) bond motifs is 2. The van der Waals surface area contributed by atoms with Gasteiger partial charge in [-0.15, -0.1) is 0 Å². The van der Waals surface area contributed by atoms with Gasteiger partial charge in [-0.25, -0.2) is 15.0 Å². The Kier molecular flexibility index (Phi) is 6.92. The minimum absolute atomic E-state index is 0.0922. The van der Waals surface area contributed by atoms with Crippen LogP contribution in [0, 0.1) is 0 Å². The lowest BCUT2D eigenvalue weighted by Gasteiger charge is -2.34. The smallest absolute Gasteiger partial charge is 0.193 e. The van der Waals surface area contributed by atoms with Gasteiger partial charge in [0, 0.05) is 33.2 Å². The van der Waals surface area contributed by atoms with Gasteiger partial charge in [0.2, 0.25) is 0 Å². The fourth-order valence-corrected chi connectivity index (χ4v) is 6.67. The van der Waals surface area contributed by atoms with Gasteiger partial charge >= 0.3 is 0 Å². The van der Waals surface area contributed by atoms with Crippen molar-refractivity contribution in [1.82, 2.24) is 15.0 Å². The van der Waals surface area contributed by atoms with Crippen molar-refractivity contribution in [2.75, 3.05) is 0 Å². The summed E-state index contributed by atoms with van der Waals surface area (Å²) in [6.07, 6.45) is 0. The fraction of sp³-hybridized carbons (Fsp3) is 0.0698. The highest BCUT2D eigenvalue weighted by Crippen LogP contribution is 2.43. The summed E-state index contributed by atoms with van der Waals surface area (Å²) in [6, 6.07) is 51.2. The molecular formula is C43H31N3O. The quantitative estimate of drug-likeness (QED) is 0.196. The molecule has 6 aromatic carbocycles. The fourth-order valence-electron chi connectivity index (χ4n) is 6.67. The number of rotatable bonds is 5. The van der Waals surface area contributed by atoms with E-state index in [2.05, 4.69) is 80.6 Å². The Morgan fingerprint density at radius 1 is 0.383 bits per heavy atom. The van der Waals surface area contributed by atoms with E-state index < -0.39 is 0 Å². The summed E-state index contributed by atoms with van der Waals surface area (Å²) in [5, 5.41) is 0. The van der Waals surface area contributed by atoms with E-state index in [1.807, 2.05) is 84.9 Å². The van der Waals surface area contributed by atoms with Crippen LogP contribution < -0.4 is 0 Å². The van der Waals surface area contributed by atoms with Crippen LogP contribution in [0.5, 0.6) is 0 Å². The molecule has 0 radical (unpaired) electrons. The summed E-state index contributed by atoms with van der Waals surface area (Å²) >= 11 is 0. The third-order valence-electron chi connectivity index (χ3n) is 9.17. The van der Waals surface area contributed by atoms with E-state index in [0.717, 1.165) is 61.2 Å². The zero-order valence-electron chi connectivity index (χ0n) is 26.2. The molecule has 0 amide bonds. The van der Waals surface area contributed by atoms with Gasteiger partial charge in [0.15, 0.2) is 23.3 Å². The van der Waals surface area contributed by atoms with E-state index in [1.165, 1.54) is 0 Å². The molecule has 224 valence electrons. The van der Waals surface area contributed by atoms with E-state index in [4.69, 9.17) is 15.0 Å². The summed E-state index contributed by atoms with van der Waals surface area (Å²) in [5.74, 6) is 1.99. The predicted octanol–water partition coefficient (Wildman–Crippen LogP) is 10.1. The molecule has 1 aliphatic rings. The van der Waals surface area contributed by atoms with E-state index in [1.54, 1.807) is 0 Å². The Morgan fingerprint density at radius 2 is 0.787 bits per heavy atom. The van der Waals surface area contributed by atoms with Crippen LogP contribution >= 0.6 is 0 Å². The highest BCUT2D eigenvalue weighted by atomic mass is 16.1. The van der Waals surface area contributed by atoms with Gasteiger partial charge in [-0.3, -0.25) is 4.79 Å². The van der Waals surface area contributed by atoms with Gasteiger partial charge in [0.25, 0.3) is 0 Å². The van der Waals surface area contributed by atoms with Gasteiger partial charge in [0.05, 0.1) is 0 Å². The Labute approximate surface area is 274 Å². The molecule has 0 unspecified atom stereocenters. The molecule has 8 rings (SSSR count). The molecule has 0 spiro atoms. The number of nitrogens with zero attached hydrogens (tertiary/aromatic N) is 3. The highest BCUT2D eigenvalue weighted by molar-refractivity contribution is 6.13. The van der Waals surface area contributed by atoms with E-state index in [0.29, 0.717) is 17.5 Å². The molecule has 0 bridgehead atoms. The van der Waals surface area contributed by atoms with Gasteiger partial charge in [0.1, 0.15) is 0 Å². The maximum Gasteiger partial charge on any atom is 0.193 e. The summed E-state index contributed by atoms with van der Waals surface area (Å²) in [5.41, 5.74) is 10.6. The van der Waals surface area contributed by atoms with Crippen LogP contribution in [-0.4, -0.2) is 20.7 Å². The monoisotopic (exact) mass is 605 g/mol. The standard InChI is InChI=1S/C43H31N3O/c1-43(2)37-20-12-11-19-35(37)39(47)36-26-25-32(27-38(36)43)34-18-10-9-17-33(34)28-21-23-31(24-22-28)42-45-40(29-13-5-3-6-14-29)44-41(46-42)30-15-7-4-8-16-30/h3-27H,1-2H3. The van der Waals surface area contributed by atoms with Crippen molar-refractivity contribution in [2.24, 2.45) is 0 Å². The predicted molar refractivity (Wildman–Crippen MR) is 189 cm³/mol. The Hall–Kier alpha value is -6.00. The second-order valence-corrected chi connectivity index (χ2v) is 12.4. The number of carbonyl (C=O) groups is 1. The Morgan fingerprint density at radius 3 is 1.36 bits per heavy atom. The van der Waals surface area contributed by atoms with Crippen LogP contribution in [0.2, 0.25) is 0 Å². The van der Waals surface area contributed by atoms with Crippen molar-refractivity contribution >= 4 is 5.78 Å². The molecule has 0 saturated carbocycles. The first-order valence-corrected chi connectivity index (χ1v) is 15.8. The molecular weight excluding hydrogens is 574 g/mol. The zero-order chi connectivity index (χ0) is 32.0. The largest absolute Gasteiger partial charge is 0.289 e. The number of aromatic nitrogens is 3. The summed E-state index contributed by atoms with van der Waals surface area (Å²) in [4.78, 5) is 28.1. The number of carbonyl (C=O) groups excluding carboxylic acids is 1. The summed E-state index contributed by atoms with van der Waals surface area (Å²) in [6.45, 7) is 4.41. The van der Waals surface area contributed by atoms with Crippen molar-refractivity contribution in [2.45, 2.75) is 19.3 Å². The lowest BCUT2D eigenvalue weighted by molar-refractivity contribution is 0.103. The lowest BCUT2D eigenvalue weighted by Crippen LogP contribution is -2.30. The van der Waals surface area contributed by atoms with Crippen LogP contribution in [0.4, 0.5) is 0 Å². The SMILES string of the molecule is CC1(C)c2ccccc2C(=O)c2ccc(-c3ccccc3-c3ccc(-c4nc(-c5ccccc5)nc(-c5ccccc5)n4)cc3)cc21. The summed E-state index contributed by atoms with van der Waals surface area (Å²) in [7, 11) is 0. The third kappa shape index (κ3) is 5.04. The van der Waals surface area contributed by atoms with Crippen molar-refractivity contribution in [3.05, 3.63) is 174 Å². The van der Waals surface area contributed by atoms with E-state index >= 15 is 0 Å². The van der Waals surface area contributed by atoms with Crippen LogP contribution in [0.15, 0.2) is 152 Å². The molecule has 0 saturated heterocycles. The first-order valence-electron chi connectivity index (χ1n) is 15.8. The third-order valence-corrected chi connectivity index (χ3v) is 9.17. The molecule has 4 nitrogen and oxygen atoms in total. The number of hydrogen-bond donors (Lipinski definition) is 0. The molecule has 7 aromatic rings. The van der Waals surface area contributed by atoms with Crippen LogP contribution in [0.25, 0.3) is 56.4 Å². The van der Waals surface area contributed by atoms with Crippen molar-refractivity contribution in [1.29, 1.82) is 0 Å². The molecule has 0 atom stereocenters. The van der Waals surface area contributed by atoms with Gasteiger partial charge in [-0.1, -0.05) is 159 Å². The van der Waals surface area contributed by atoms with Crippen molar-refractivity contribution in [3.63, 3.8) is 0 Å². The molecule has 0 N–H and O–H groups in total. The average Bonchev–Trinajstić information content (AvgIpc) is 3.14. The first kappa shape index (κ1) is 28.5. The van der Waals surface area contributed by atoms with Crippen LogP contribution in [-0.2, 0) is 5.41 Å². The van der Waals surface area contributed by atoms with Crippen molar-refractivity contribution in [3.8, 4) is 56.4 Å². The molecule has 0 fully saturated rings. The zero-order valence-corrected chi connectivity index (χ0v) is 26.2. The maximum atomic E-state index is 13.5. The Balaban J connectivity index is 1.18. The maximum absolute atomic E-state index is 13.5. The van der Waals surface area contributed by atoms with Gasteiger partial charge < -0.3 is 0 Å². The Bertz CT molecular complexity index is 2220. The van der Waals surface area contributed by atoms with Gasteiger partial charge in [-0.05, 0) is 39.4 Å². The molecule has 1 aromatic heterocycles. The van der Waals surface area contributed by atoms with Gasteiger partial charge in [-0.2, -0.15) is 0 Å². The number of benzene rings is 6. The molecule has 47 heavy (non-hydrogen) atoms.